The summed E-state index contributed by atoms with van der Waals surface area (Å²) in [6.07, 6.45) is 1.96. The molecule has 0 atom stereocenters. The van der Waals surface area contributed by atoms with Gasteiger partial charge in [0.05, 0.1) is 0 Å². The summed E-state index contributed by atoms with van der Waals surface area (Å²) in [5, 5.41) is 23.0. The molecule has 0 aliphatic heterocycles. The molecule has 0 bridgehead atoms. The zero-order valence-corrected chi connectivity index (χ0v) is 12.2. The predicted octanol–water partition coefficient (Wildman–Crippen LogP) is 0.0833. The molecule has 115 valence electrons. The monoisotopic (exact) mass is 281 g/mol. The fourth-order valence-corrected chi connectivity index (χ4v) is 0.167. The Kier molecular flexibility index (Phi) is 35.3. The summed E-state index contributed by atoms with van der Waals surface area (Å²) in [5.41, 5.74) is 0. The van der Waals surface area contributed by atoms with E-state index in [0.29, 0.717) is 0 Å². The van der Waals surface area contributed by atoms with Gasteiger partial charge in [-0.05, 0) is 20.3 Å². The standard InChI is InChI=1S/C4H9O.2C3H6O2.C2H4O2/c1-3-4-5-2;2*1-3(5)2-4;1-2(3)4/h3H,4H2,1-2H3;2*4H,2H2,1H3;1H3,(H,3,4). The van der Waals surface area contributed by atoms with Crippen LogP contribution in [-0.2, 0) is 19.1 Å². The van der Waals surface area contributed by atoms with Gasteiger partial charge in [-0.2, -0.15) is 0 Å². The Morgan fingerprint density at radius 2 is 1.21 bits per heavy atom. The summed E-state index contributed by atoms with van der Waals surface area (Å²) in [5.74, 6) is -1.21. The number of Topliss-reactive ketones (excluding diaryl/α,β-unsaturated/α-hetero) is 2. The second kappa shape index (κ2) is 25.5. The molecule has 0 aliphatic rings. The van der Waals surface area contributed by atoms with E-state index in [1.54, 1.807) is 7.11 Å². The summed E-state index contributed by atoms with van der Waals surface area (Å²) in [4.78, 5) is 28.1. The van der Waals surface area contributed by atoms with E-state index >= 15 is 0 Å². The lowest BCUT2D eigenvalue weighted by Gasteiger charge is -1.84. The van der Waals surface area contributed by atoms with E-state index in [-0.39, 0.29) is 24.8 Å². The second-order valence-corrected chi connectivity index (χ2v) is 3.10. The van der Waals surface area contributed by atoms with Crippen LogP contribution in [0.2, 0.25) is 0 Å². The molecule has 0 aromatic rings. The number of aliphatic carboxylic acids is 1. The Morgan fingerprint density at radius 1 is 1.00 bits per heavy atom. The largest absolute Gasteiger partial charge is 0.481 e. The molecule has 0 spiro atoms. The topological polar surface area (TPSA) is 121 Å². The van der Waals surface area contributed by atoms with Gasteiger partial charge in [-0.1, -0.05) is 6.92 Å². The summed E-state index contributed by atoms with van der Waals surface area (Å²) in [7, 11) is 1.68. The van der Waals surface area contributed by atoms with Crippen molar-refractivity contribution in [2.45, 2.75) is 27.7 Å². The number of hydrogen-bond donors (Lipinski definition) is 3. The van der Waals surface area contributed by atoms with Crippen molar-refractivity contribution in [3.63, 3.8) is 0 Å². The average molecular weight is 281 g/mol. The molecule has 3 N–H and O–H groups in total. The highest BCUT2D eigenvalue weighted by molar-refractivity contribution is 5.76. The molecule has 0 aromatic carbocycles. The summed E-state index contributed by atoms with van der Waals surface area (Å²) >= 11 is 0. The van der Waals surface area contributed by atoms with Gasteiger partial charge in [0.2, 0.25) is 0 Å². The first-order valence-electron chi connectivity index (χ1n) is 5.36. The third kappa shape index (κ3) is 164. The molecule has 0 aromatic heterocycles. The lowest BCUT2D eigenvalue weighted by atomic mass is 10.5. The highest BCUT2D eigenvalue weighted by Gasteiger charge is 1.79. The number of methoxy groups -OCH3 is 1. The predicted molar refractivity (Wildman–Crippen MR) is 70.7 cm³/mol. The van der Waals surface area contributed by atoms with Gasteiger partial charge in [0, 0.05) is 20.6 Å². The summed E-state index contributed by atoms with van der Waals surface area (Å²) < 4.78 is 4.64. The number of carbonyl (C=O) groups is 3. The molecule has 0 amide bonds. The number of carboxylic acid groups (broad SMARTS) is 1. The molecule has 1 radical (unpaired) electrons. The fraction of sp³-hybridized carbons (Fsp3) is 0.667. The van der Waals surface area contributed by atoms with Gasteiger partial charge in [-0.3, -0.25) is 14.4 Å². The number of aliphatic hydroxyl groups is 2. The van der Waals surface area contributed by atoms with E-state index in [1.807, 2.05) is 13.3 Å². The Balaban J connectivity index is -0.0000000793. The molecule has 0 heterocycles. The van der Waals surface area contributed by atoms with Crippen molar-refractivity contribution in [3.8, 4) is 0 Å². The van der Waals surface area contributed by atoms with Crippen molar-refractivity contribution < 1.29 is 34.4 Å². The van der Waals surface area contributed by atoms with Crippen LogP contribution < -0.4 is 0 Å². The lowest BCUT2D eigenvalue weighted by molar-refractivity contribution is -0.134. The molecule has 7 nitrogen and oxygen atoms in total. The highest BCUT2D eigenvalue weighted by atomic mass is 16.5. The van der Waals surface area contributed by atoms with Crippen LogP contribution >= 0.6 is 0 Å². The van der Waals surface area contributed by atoms with Gasteiger partial charge >= 0.3 is 0 Å². The molecule has 7 heteroatoms. The Morgan fingerprint density at radius 3 is 1.21 bits per heavy atom. The van der Waals surface area contributed by atoms with E-state index in [2.05, 4.69) is 4.74 Å². The van der Waals surface area contributed by atoms with Crippen molar-refractivity contribution >= 4 is 17.5 Å². The Hall–Kier alpha value is -1.31. The van der Waals surface area contributed by atoms with Gasteiger partial charge in [0.25, 0.3) is 5.97 Å². The normalized spacial score (nSPS) is 7.53. The third-order valence-corrected chi connectivity index (χ3v) is 0.779. The number of aliphatic hydroxyl groups excluding tert-OH is 2. The van der Waals surface area contributed by atoms with Crippen LogP contribution in [-0.4, -0.2) is 59.8 Å². The number of ketones is 2. The Labute approximate surface area is 114 Å². The maximum Gasteiger partial charge on any atom is 0.300 e. The first kappa shape index (κ1) is 26.3. The van der Waals surface area contributed by atoms with E-state index in [1.165, 1.54) is 13.8 Å². The van der Waals surface area contributed by atoms with Crippen LogP contribution in [0.15, 0.2) is 0 Å². The zero-order valence-electron chi connectivity index (χ0n) is 12.2. The van der Waals surface area contributed by atoms with Crippen LogP contribution in [0.1, 0.15) is 27.7 Å². The Bertz CT molecular complexity index is 194. The van der Waals surface area contributed by atoms with Crippen LogP contribution in [0.4, 0.5) is 0 Å². The van der Waals surface area contributed by atoms with Crippen LogP contribution in [0.3, 0.4) is 0 Å². The van der Waals surface area contributed by atoms with Crippen molar-refractivity contribution in [3.05, 3.63) is 6.42 Å². The van der Waals surface area contributed by atoms with E-state index in [0.717, 1.165) is 13.5 Å². The second-order valence-electron chi connectivity index (χ2n) is 3.10. The minimum atomic E-state index is -0.833. The highest BCUT2D eigenvalue weighted by Crippen LogP contribution is 1.68. The first-order chi connectivity index (χ1) is 8.69. The zero-order chi connectivity index (χ0) is 16.3. The average Bonchev–Trinajstić information content (AvgIpc) is 2.30. The fourth-order valence-electron chi connectivity index (χ4n) is 0.167. The van der Waals surface area contributed by atoms with Crippen molar-refractivity contribution in [1.29, 1.82) is 0 Å². The van der Waals surface area contributed by atoms with Crippen LogP contribution in [0.25, 0.3) is 0 Å². The number of rotatable bonds is 4. The molecule has 0 fully saturated rings. The minimum absolute atomic E-state index is 0.190. The number of carboxylic acids is 1. The van der Waals surface area contributed by atoms with Gasteiger partial charge in [-0.25, -0.2) is 0 Å². The molecule has 0 saturated heterocycles. The smallest absolute Gasteiger partial charge is 0.300 e. The molecular weight excluding hydrogens is 256 g/mol. The van der Waals surface area contributed by atoms with Gasteiger partial charge in [0.15, 0.2) is 11.6 Å². The minimum Gasteiger partial charge on any atom is -0.481 e. The van der Waals surface area contributed by atoms with Gasteiger partial charge in [-0.15, -0.1) is 0 Å². The van der Waals surface area contributed by atoms with E-state index in [4.69, 9.17) is 20.1 Å². The van der Waals surface area contributed by atoms with Crippen LogP contribution in [0.5, 0.6) is 0 Å². The van der Waals surface area contributed by atoms with Crippen molar-refractivity contribution in [1.82, 2.24) is 0 Å². The van der Waals surface area contributed by atoms with E-state index in [9.17, 15) is 9.59 Å². The SMILES string of the molecule is CC(=O)CO.CC(=O)CO.CC(=O)O.C[CH]COC. The molecule has 0 unspecified atom stereocenters. The molecule has 19 heavy (non-hydrogen) atoms. The number of carbonyl (C=O) groups excluding carboxylic acids is 2. The maximum atomic E-state index is 9.56. The molecule has 0 rings (SSSR count). The summed E-state index contributed by atoms with van der Waals surface area (Å²) in [6, 6.07) is 0. The van der Waals surface area contributed by atoms with Crippen molar-refractivity contribution in [2.24, 2.45) is 0 Å². The van der Waals surface area contributed by atoms with E-state index < -0.39 is 5.97 Å². The number of ether oxygens (including phenoxy) is 1. The summed E-state index contributed by atoms with van der Waals surface area (Å²) in [6.45, 7) is 5.81. The molecule has 0 aliphatic carbocycles. The van der Waals surface area contributed by atoms with Gasteiger partial charge < -0.3 is 20.1 Å². The van der Waals surface area contributed by atoms with Crippen molar-refractivity contribution in [2.75, 3.05) is 26.9 Å². The first-order valence-corrected chi connectivity index (χ1v) is 5.36. The molecule has 0 saturated carbocycles. The van der Waals surface area contributed by atoms with Gasteiger partial charge in [0.1, 0.15) is 13.2 Å². The van der Waals surface area contributed by atoms with Crippen LogP contribution in [0, 0.1) is 6.42 Å². The third-order valence-electron chi connectivity index (χ3n) is 0.779. The number of hydrogen-bond acceptors (Lipinski definition) is 6. The lowest BCUT2D eigenvalue weighted by Crippen LogP contribution is -1.93. The quantitative estimate of drug-likeness (QED) is 0.667. The molecular formula is C12H25O7. The maximum absolute atomic E-state index is 9.56.